The van der Waals surface area contributed by atoms with E-state index in [2.05, 4.69) is 11.9 Å². The molecule has 0 aromatic heterocycles. The van der Waals surface area contributed by atoms with Crippen LogP contribution in [0.15, 0.2) is 67.3 Å². The van der Waals surface area contributed by atoms with Gasteiger partial charge in [0.1, 0.15) is 12.0 Å². The van der Waals surface area contributed by atoms with Crippen LogP contribution in [0.4, 0.5) is 0 Å². The zero-order valence-electron chi connectivity index (χ0n) is 18.2. The fourth-order valence-electron chi connectivity index (χ4n) is 3.16. The molecule has 1 unspecified atom stereocenters. The summed E-state index contributed by atoms with van der Waals surface area (Å²) in [5, 5.41) is 32.7. The first-order chi connectivity index (χ1) is 15.0. The maximum atomic E-state index is 10.5. The highest BCUT2D eigenvalue weighted by Gasteiger charge is 2.16. The number of phenolic OH excluding ortho intramolecular Hbond substituents is 1. The smallest absolute Gasteiger partial charge is 0.115 e. The monoisotopic (exact) mass is 429 g/mol. The van der Waals surface area contributed by atoms with Crippen LogP contribution in [-0.4, -0.2) is 59.6 Å². The molecular formula is C25H35NO5. The van der Waals surface area contributed by atoms with E-state index in [1.807, 2.05) is 42.5 Å². The Balaban J connectivity index is 1.88. The summed E-state index contributed by atoms with van der Waals surface area (Å²) in [7, 11) is 0. The average molecular weight is 430 g/mol. The minimum atomic E-state index is -0.674. The van der Waals surface area contributed by atoms with Crippen LogP contribution in [0.3, 0.4) is 0 Å². The fourth-order valence-corrected chi connectivity index (χ4v) is 3.16. The van der Waals surface area contributed by atoms with E-state index in [4.69, 9.17) is 9.47 Å². The molecule has 2 aromatic carbocycles. The first kappa shape index (κ1) is 25.0. The fraction of sp³-hybridized carbons (Fsp3) is 0.440. The van der Waals surface area contributed by atoms with Gasteiger partial charge in [0, 0.05) is 6.04 Å². The third kappa shape index (κ3) is 10.6. The van der Waals surface area contributed by atoms with E-state index < -0.39 is 12.3 Å². The lowest BCUT2D eigenvalue weighted by molar-refractivity contribution is -0.0299. The van der Waals surface area contributed by atoms with Crippen molar-refractivity contribution < 1.29 is 24.8 Å². The normalized spacial score (nSPS) is 15.2. The second kappa shape index (κ2) is 14.0. The Bertz CT molecular complexity index is 735. The van der Waals surface area contributed by atoms with E-state index in [0.717, 1.165) is 12.0 Å². The van der Waals surface area contributed by atoms with Crippen LogP contribution in [0.25, 0.3) is 0 Å². The molecule has 0 fully saturated rings. The molecule has 0 radical (unpaired) electrons. The number of benzene rings is 2. The Hall–Kier alpha value is -2.22. The molecule has 0 spiro atoms. The van der Waals surface area contributed by atoms with Gasteiger partial charge in [0.05, 0.1) is 32.0 Å². The molecule has 0 aliphatic rings. The van der Waals surface area contributed by atoms with E-state index in [0.29, 0.717) is 26.1 Å². The standard InChI is InChI=1S/C25H35NO5/c1-3-24(31-16-19(2)27)18-30-17-22(15-21-9-12-23(28)13-10-21)26-25(29)14-11-20-7-5-4-6-8-20/h3-10,12-13,19,22,24-29H,1,11,14-18H2,2H3/t19-,22+,24+,25?/m1/s1. The lowest BCUT2D eigenvalue weighted by atomic mass is 10.0. The highest BCUT2D eigenvalue weighted by molar-refractivity contribution is 5.26. The lowest BCUT2D eigenvalue weighted by Crippen LogP contribution is -2.43. The van der Waals surface area contributed by atoms with Crippen molar-refractivity contribution in [1.29, 1.82) is 0 Å². The SMILES string of the molecule is C=C[C@@H](COC[C@H](Cc1ccc(O)cc1)NC(O)CCc1ccccc1)OC[C@@H](C)O. The Morgan fingerprint density at radius 1 is 0.968 bits per heavy atom. The molecule has 0 bridgehead atoms. The molecule has 4 atom stereocenters. The summed E-state index contributed by atoms with van der Waals surface area (Å²) < 4.78 is 11.4. The predicted octanol–water partition coefficient (Wildman–Crippen LogP) is 2.81. The number of ether oxygens (including phenoxy) is 2. The molecule has 0 saturated heterocycles. The van der Waals surface area contributed by atoms with Crippen molar-refractivity contribution in [3.05, 3.63) is 78.4 Å². The molecule has 0 saturated carbocycles. The molecule has 4 N–H and O–H groups in total. The molecule has 0 heterocycles. The maximum absolute atomic E-state index is 10.5. The van der Waals surface area contributed by atoms with Crippen LogP contribution in [0, 0.1) is 0 Å². The summed E-state index contributed by atoms with van der Waals surface area (Å²) in [6.45, 7) is 6.30. The number of nitrogens with one attached hydrogen (secondary N) is 1. The molecule has 31 heavy (non-hydrogen) atoms. The van der Waals surface area contributed by atoms with Gasteiger partial charge in [0.2, 0.25) is 0 Å². The summed E-state index contributed by atoms with van der Waals surface area (Å²) in [4.78, 5) is 0. The van der Waals surface area contributed by atoms with E-state index in [-0.39, 0.29) is 24.5 Å². The van der Waals surface area contributed by atoms with Gasteiger partial charge >= 0.3 is 0 Å². The zero-order chi connectivity index (χ0) is 22.5. The highest BCUT2D eigenvalue weighted by Crippen LogP contribution is 2.13. The number of phenols is 1. The van der Waals surface area contributed by atoms with Crippen molar-refractivity contribution in [1.82, 2.24) is 5.32 Å². The molecule has 6 heteroatoms. The molecule has 170 valence electrons. The average Bonchev–Trinajstić information content (AvgIpc) is 2.76. The predicted molar refractivity (Wildman–Crippen MR) is 122 cm³/mol. The van der Waals surface area contributed by atoms with Crippen LogP contribution in [0.5, 0.6) is 5.75 Å². The Kier molecular flexibility index (Phi) is 11.3. The van der Waals surface area contributed by atoms with Gasteiger partial charge < -0.3 is 24.8 Å². The highest BCUT2D eigenvalue weighted by atomic mass is 16.5. The van der Waals surface area contributed by atoms with Crippen LogP contribution < -0.4 is 5.32 Å². The summed E-state index contributed by atoms with van der Waals surface area (Å²) in [6, 6.07) is 16.9. The van der Waals surface area contributed by atoms with Crippen LogP contribution in [0.2, 0.25) is 0 Å². The first-order valence-corrected chi connectivity index (χ1v) is 10.7. The van der Waals surface area contributed by atoms with Crippen molar-refractivity contribution >= 4 is 0 Å². The van der Waals surface area contributed by atoms with E-state index >= 15 is 0 Å². The first-order valence-electron chi connectivity index (χ1n) is 10.7. The lowest BCUT2D eigenvalue weighted by Gasteiger charge is -2.24. The number of aromatic hydroxyl groups is 1. The van der Waals surface area contributed by atoms with Gasteiger partial charge in [-0.15, -0.1) is 6.58 Å². The Labute approximate surface area is 185 Å². The van der Waals surface area contributed by atoms with Crippen molar-refractivity contribution in [3.8, 4) is 5.75 Å². The van der Waals surface area contributed by atoms with Crippen LogP contribution >= 0.6 is 0 Å². The molecule has 0 amide bonds. The van der Waals surface area contributed by atoms with E-state index in [1.54, 1.807) is 25.1 Å². The second-order valence-corrected chi connectivity index (χ2v) is 7.77. The third-order valence-corrected chi connectivity index (χ3v) is 4.81. The second-order valence-electron chi connectivity index (χ2n) is 7.77. The molecule has 2 rings (SSSR count). The van der Waals surface area contributed by atoms with E-state index in [9.17, 15) is 15.3 Å². The zero-order valence-corrected chi connectivity index (χ0v) is 18.2. The van der Waals surface area contributed by atoms with Crippen LogP contribution in [0.1, 0.15) is 24.5 Å². The minimum absolute atomic E-state index is 0.127. The number of aryl methyl sites for hydroxylation is 1. The third-order valence-electron chi connectivity index (χ3n) is 4.81. The van der Waals surface area contributed by atoms with Gasteiger partial charge in [-0.05, 0) is 49.4 Å². The Morgan fingerprint density at radius 2 is 1.68 bits per heavy atom. The molecule has 0 aliphatic carbocycles. The molecule has 6 nitrogen and oxygen atoms in total. The van der Waals surface area contributed by atoms with Crippen LogP contribution in [-0.2, 0) is 22.3 Å². The van der Waals surface area contributed by atoms with Crippen molar-refractivity contribution in [3.63, 3.8) is 0 Å². The quantitative estimate of drug-likeness (QED) is 0.257. The summed E-state index contributed by atoms with van der Waals surface area (Å²) in [5.41, 5.74) is 2.21. The minimum Gasteiger partial charge on any atom is -0.508 e. The summed E-state index contributed by atoms with van der Waals surface area (Å²) in [6.07, 6.45) is 2.11. The van der Waals surface area contributed by atoms with Gasteiger partial charge in [-0.25, -0.2) is 0 Å². The summed E-state index contributed by atoms with van der Waals surface area (Å²) >= 11 is 0. The number of rotatable bonds is 15. The number of hydrogen-bond acceptors (Lipinski definition) is 6. The topological polar surface area (TPSA) is 91.2 Å². The molecule has 2 aromatic rings. The van der Waals surface area contributed by atoms with Gasteiger partial charge in [0.15, 0.2) is 0 Å². The molecule has 0 aliphatic heterocycles. The van der Waals surface area contributed by atoms with Crippen molar-refractivity contribution in [2.24, 2.45) is 0 Å². The Morgan fingerprint density at radius 3 is 2.32 bits per heavy atom. The van der Waals surface area contributed by atoms with Gasteiger partial charge in [-0.3, -0.25) is 5.32 Å². The number of hydrogen-bond donors (Lipinski definition) is 4. The maximum Gasteiger partial charge on any atom is 0.115 e. The summed E-state index contributed by atoms with van der Waals surface area (Å²) in [5.74, 6) is 0.219. The van der Waals surface area contributed by atoms with Crippen molar-refractivity contribution in [2.75, 3.05) is 19.8 Å². The van der Waals surface area contributed by atoms with Gasteiger partial charge in [-0.2, -0.15) is 0 Å². The van der Waals surface area contributed by atoms with Gasteiger partial charge in [0.25, 0.3) is 0 Å². The van der Waals surface area contributed by atoms with Crippen molar-refractivity contribution in [2.45, 2.75) is 50.7 Å². The van der Waals surface area contributed by atoms with Gasteiger partial charge in [-0.1, -0.05) is 48.5 Å². The number of aliphatic hydroxyl groups excluding tert-OH is 2. The molecular weight excluding hydrogens is 394 g/mol. The van der Waals surface area contributed by atoms with E-state index in [1.165, 1.54) is 5.56 Å². The largest absolute Gasteiger partial charge is 0.508 e. The number of aliphatic hydroxyl groups is 2.